The number of thioether (sulfide) groups is 1. The van der Waals surface area contributed by atoms with Gasteiger partial charge in [0.05, 0.1) is 12.4 Å². The summed E-state index contributed by atoms with van der Waals surface area (Å²) < 4.78 is 31.4. The fraction of sp³-hybridized carbons (Fsp3) is 0.571. The molecule has 1 aromatic rings. The molecule has 0 bridgehead atoms. The van der Waals surface area contributed by atoms with Crippen LogP contribution in [-0.4, -0.2) is 39.7 Å². The van der Waals surface area contributed by atoms with Crippen molar-refractivity contribution in [2.24, 2.45) is 5.92 Å². The van der Waals surface area contributed by atoms with Crippen molar-refractivity contribution in [1.82, 2.24) is 4.72 Å². The van der Waals surface area contributed by atoms with Gasteiger partial charge in [-0.1, -0.05) is 19.9 Å². The number of benzene rings is 1. The van der Waals surface area contributed by atoms with Gasteiger partial charge >= 0.3 is 0 Å². The summed E-state index contributed by atoms with van der Waals surface area (Å²) in [6, 6.07) is 7.42. The van der Waals surface area contributed by atoms with Crippen molar-refractivity contribution < 1.29 is 13.2 Å². The summed E-state index contributed by atoms with van der Waals surface area (Å²) in [5.74, 6) is 1.03. The highest BCUT2D eigenvalue weighted by Crippen LogP contribution is 2.20. The zero-order valence-corrected chi connectivity index (χ0v) is 14.2. The predicted molar refractivity (Wildman–Crippen MR) is 89.0 cm³/mol. The Kier molecular flexibility index (Phi) is 8.10. The molecule has 0 aliphatic rings. The number of nitrogen functional groups attached to an aromatic ring is 1. The molecule has 0 aliphatic carbocycles. The summed E-state index contributed by atoms with van der Waals surface area (Å²) in [4.78, 5) is 0.977. The number of rotatable bonds is 10. The third kappa shape index (κ3) is 8.98. The van der Waals surface area contributed by atoms with Crippen LogP contribution in [-0.2, 0) is 14.8 Å². The average Bonchev–Trinajstić information content (AvgIpc) is 2.37. The smallest absolute Gasteiger partial charge is 0.212 e. The molecular weight excluding hydrogens is 308 g/mol. The quantitative estimate of drug-likeness (QED) is 0.389. The van der Waals surface area contributed by atoms with Crippen LogP contribution in [0.1, 0.15) is 13.8 Å². The van der Waals surface area contributed by atoms with Gasteiger partial charge in [-0.2, -0.15) is 0 Å². The van der Waals surface area contributed by atoms with E-state index in [0.717, 1.165) is 4.90 Å². The SMILES string of the molecule is CC(C)COCCNS(=O)(=O)CCSc1cccc(N)c1. The van der Waals surface area contributed by atoms with Crippen LogP contribution >= 0.6 is 11.8 Å². The molecule has 120 valence electrons. The number of nitrogens with two attached hydrogens (primary N) is 1. The van der Waals surface area contributed by atoms with Crippen LogP contribution in [0.4, 0.5) is 5.69 Å². The zero-order chi connectivity index (χ0) is 15.7. The van der Waals surface area contributed by atoms with Gasteiger partial charge in [-0.15, -0.1) is 11.8 Å². The average molecular weight is 332 g/mol. The van der Waals surface area contributed by atoms with E-state index in [1.807, 2.05) is 18.2 Å². The fourth-order valence-corrected chi connectivity index (χ4v) is 3.91. The van der Waals surface area contributed by atoms with Gasteiger partial charge in [-0.05, 0) is 24.1 Å². The van der Waals surface area contributed by atoms with E-state index in [1.54, 1.807) is 6.07 Å². The number of hydrogen-bond donors (Lipinski definition) is 2. The Morgan fingerprint density at radius 1 is 1.38 bits per heavy atom. The molecule has 3 N–H and O–H groups in total. The number of nitrogens with one attached hydrogen (secondary N) is 1. The number of anilines is 1. The van der Waals surface area contributed by atoms with Gasteiger partial charge in [0, 0.05) is 29.5 Å². The summed E-state index contributed by atoms with van der Waals surface area (Å²) in [6.07, 6.45) is 0. The molecule has 0 unspecified atom stereocenters. The van der Waals surface area contributed by atoms with E-state index in [2.05, 4.69) is 18.6 Å². The van der Waals surface area contributed by atoms with Gasteiger partial charge in [0.25, 0.3) is 0 Å². The molecule has 1 rings (SSSR count). The molecular formula is C14H24N2O3S2. The van der Waals surface area contributed by atoms with Crippen molar-refractivity contribution in [2.45, 2.75) is 18.7 Å². The van der Waals surface area contributed by atoms with Crippen molar-refractivity contribution in [2.75, 3.05) is 37.0 Å². The Bertz CT molecular complexity index is 519. The zero-order valence-electron chi connectivity index (χ0n) is 12.5. The Labute approximate surface area is 131 Å². The van der Waals surface area contributed by atoms with E-state index < -0.39 is 10.0 Å². The summed E-state index contributed by atoms with van der Waals surface area (Å²) in [7, 11) is -3.24. The molecule has 0 saturated carbocycles. The minimum atomic E-state index is -3.24. The van der Waals surface area contributed by atoms with Crippen LogP contribution in [0.5, 0.6) is 0 Å². The molecule has 0 saturated heterocycles. The van der Waals surface area contributed by atoms with Gasteiger partial charge in [-0.3, -0.25) is 0 Å². The van der Waals surface area contributed by atoms with Crippen LogP contribution < -0.4 is 10.5 Å². The minimum absolute atomic E-state index is 0.0800. The molecule has 0 radical (unpaired) electrons. The topological polar surface area (TPSA) is 81.4 Å². The number of sulfonamides is 1. The van der Waals surface area contributed by atoms with E-state index >= 15 is 0 Å². The Morgan fingerprint density at radius 3 is 2.81 bits per heavy atom. The highest BCUT2D eigenvalue weighted by molar-refractivity contribution is 8.00. The van der Waals surface area contributed by atoms with Crippen LogP contribution in [0.15, 0.2) is 29.2 Å². The van der Waals surface area contributed by atoms with E-state index in [-0.39, 0.29) is 5.75 Å². The molecule has 0 heterocycles. The van der Waals surface area contributed by atoms with Gasteiger partial charge in [0.1, 0.15) is 0 Å². The first-order valence-electron chi connectivity index (χ1n) is 6.92. The summed E-state index contributed by atoms with van der Waals surface area (Å²) in [6.45, 7) is 5.47. The first-order valence-corrected chi connectivity index (χ1v) is 9.56. The van der Waals surface area contributed by atoms with Crippen LogP contribution in [0.2, 0.25) is 0 Å². The lowest BCUT2D eigenvalue weighted by atomic mass is 10.2. The maximum absolute atomic E-state index is 11.8. The second-order valence-electron chi connectivity index (χ2n) is 5.10. The van der Waals surface area contributed by atoms with E-state index in [1.165, 1.54) is 11.8 Å². The minimum Gasteiger partial charge on any atom is -0.399 e. The van der Waals surface area contributed by atoms with Crippen molar-refractivity contribution in [3.8, 4) is 0 Å². The van der Waals surface area contributed by atoms with Gasteiger partial charge in [-0.25, -0.2) is 13.1 Å². The van der Waals surface area contributed by atoms with Crippen LogP contribution in [0, 0.1) is 5.92 Å². The lowest BCUT2D eigenvalue weighted by molar-refractivity contribution is 0.114. The highest BCUT2D eigenvalue weighted by atomic mass is 32.2. The first kappa shape index (κ1) is 18.3. The summed E-state index contributed by atoms with van der Waals surface area (Å²) in [5, 5.41) is 0. The lowest BCUT2D eigenvalue weighted by Crippen LogP contribution is -2.30. The molecule has 7 heteroatoms. The van der Waals surface area contributed by atoms with Crippen molar-refractivity contribution in [1.29, 1.82) is 0 Å². The van der Waals surface area contributed by atoms with Crippen molar-refractivity contribution in [3.05, 3.63) is 24.3 Å². The molecule has 0 fully saturated rings. The molecule has 21 heavy (non-hydrogen) atoms. The molecule has 1 aromatic carbocycles. The molecule has 5 nitrogen and oxygen atoms in total. The van der Waals surface area contributed by atoms with E-state index in [4.69, 9.17) is 10.5 Å². The van der Waals surface area contributed by atoms with Crippen LogP contribution in [0.25, 0.3) is 0 Å². The highest BCUT2D eigenvalue weighted by Gasteiger charge is 2.09. The maximum atomic E-state index is 11.8. The number of hydrogen-bond acceptors (Lipinski definition) is 5. The van der Waals surface area contributed by atoms with Gasteiger partial charge in [0.15, 0.2) is 0 Å². The van der Waals surface area contributed by atoms with E-state index in [0.29, 0.717) is 37.1 Å². The Balaban J connectivity index is 2.20. The molecule has 0 amide bonds. The summed E-state index contributed by atoms with van der Waals surface area (Å²) >= 11 is 1.48. The predicted octanol–water partition coefficient (Wildman–Crippen LogP) is 1.95. The van der Waals surface area contributed by atoms with Crippen molar-refractivity contribution >= 4 is 27.5 Å². The summed E-state index contributed by atoms with van der Waals surface area (Å²) in [5.41, 5.74) is 6.36. The molecule has 0 aromatic heterocycles. The maximum Gasteiger partial charge on any atom is 0.212 e. The van der Waals surface area contributed by atoms with Crippen LogP contribution in [0.3, 0.4) is 0 Å². The Morgan fingerprint density at radius 2 is 2.14 bits per heavy atom. The normalized spacial score (nSPS) is 12.0. The van der Waals surface area contributed by atoms with Gasteiger partial charge < -0.3 is 10.5 Å². The molecule has 0 spiro atoms. The second kappa shape index (κ2) is 9.30. The number of ether oxygens (including phenoxy) is 1. The lowest BCUT2D eigenvalue weighted by Gasteiger charge is -2.09. The largest absolute Gasteiger partial charge is 0.399 e. The molecule has 0 aliphatic heterocycles. The third-order valence-corrected chi connectivity index (χ3v) is 5.14. The fourth-order valence-electron chi connectivity index (χ4n) is 1.53. The van der Waals surface area contributed by atoms with Gasteiger partial charge in [0.2, 0.25) is 10.0 Å². The second-order valence-corrected chi connectivity index (χ2v) is 8.20. The third-order valence-electron chi connectivity index (χ3n) is 2.50. The Hall–Kier alpha value is -0.760. The standard InChI is InChI=1S/C14H24N2O3S2/c1-12(2)11-19-7-6-16-21(17,18)9-8-20-14-5-3-4-13(15)10-14/h3-5,10,12,16H,6-9,11,15H2,1-2H3. The first-order chi connectivity index (χ1) is 9.89. The monoisotopic (exact) mass is 332 g/mol. The van der Waals surface area contributed by atoms with E-state index in [9.17, 15) is 8.42 Å². The van der Waals surface area contributed by atoms with Crippen molar-refractivity contribution in [3.63, 3.8) is 0 Å². The molecule has 0 atom stereocenters.